The SMILES string of the molecule is Cc1cc(C)c(NC(=O)c2ccc3ncsc3c2)c(CNC(=O)NC2CCC(C)CC2)c1. The average Bonchev–Trinajstić information content (AvgIpc) is 3.23. The molecule has 168 valence electrons. The first-order valence-electron chi connectivity index (χ1n) is 11.2. The van der Waals surface area contributed by atoms with Gasteiger partial charge in [0.2, 0.25) is 0 Å². The molecule has 3 amide bonds. The number of aryl methyl sites for hydroxylation is 2. The lowest BCUT2D eigenvalue weighted by Gasteiger charge is -2.27. The lowest BCUT2D eigenvalue weighted by molar-refractivity contribution is 0.102. The molecule has 7 heteroatoms. The van der Waals surface area contributed by atoms with Crippen LogP contribution < -0.4 is 16.0 Å². The Hall–Kier alpha value is -2.93. The van der Waals surface area contributed by atoms with Gasteiger partial charge in [0.25, 0.3) is 5.91 Å². The topological polar surface area (TPSA) is 83.1 Å². The molecule has 0 radical (unpaired) electrons. The maximum atomic E-state index is 13.0. The van der Waals surface area contributed by atoms with Gasteiger partial charge in [-0.05, 0) is 74.8 Å². The molecule has 1 aromatic heterocycles. The van der Waals surface area contributed by atoms with E-state index in [0.717, 1.165) is 64.2 Å². The van der Waals surface area contributed by atoms with Gasteiger partial charge in [0.1, 0.15) is 0 Å². The van der Waals surface area contributed by atoms with Gasteiger partial charge in [-0.25, -0.2) is 9.78 Å². The van der Waals surface area contributed by atoms with Crippen LogP contribution in [-0.4, -0.2) is 23.0 Å². The molecule has 32 heavy (non-hydrogen) atoms. The van der Waals surface area contributed by atoms with Crippen molar-refractivity contribution >= 4 is 39.2 Å². The van der Waals surface area contributed by atoms with E-state index in [1.54, 1.807) is 11.6 Å². The van der Waals surface area contributed by atoms with Crippen LogP contribution in [0.2, 0.25) is 0 Å². The number of nitrogens with one attached hydrogen (secondary N) is 3. The largest absolute Gasteiger partial charge is 0.335 e. The quantitative estimate of drug-likeness (QED) is 0.477. The Kier molecular flexibility index (Phi) is 6.74. The number of hydrogen-bond acceptors (Lipinski definition) is 4. The summed E-state index contributed by atoms with van der Waals surface area (Å²) >= 11 is 1.51. The number of urea groups is 1. The number of anilines is 1. The number of aromatic nitrogens is 1. The first kappa shape index (κ1) is 22.3. The number of amides is 3. The summed E-state index contributed by atoms with van der Waals surface area (Å²) in [4.78, 5) is 29.7. The van der Waals surface area contributed by atoms with E-state index >= 15 is 0 Å². The summed E-state index contributed by atoms with van der Waals surface area (Å²) in [7, 11) is 0. The highest BCUT2D eigenvalue weighted by molar-refractivity contribution is 7.16. The summed E-state index contributed by atoms with van der Waals surface area (Å²) in [6, 6.07) is 9.65. The maximum Gasteiger partial charge on any atom is 0.315 e. The van der Waals surface area contributed by atoms with E-state index in [2.05, 4.69) is 27.9 Å². The summed E-state index contributed by atoms with van der Waals surface area (Å²) < 4.78 is 0.981. The van der Waals surface area contributed by atoms with Crippen molar-refractivity contribution in [2.24, 2.45) is 5.92 Å². The predicted octanol–water partition coefficient (Wildman–Crippen LogP) is 5.54. The summed E-state index contributed by atoms with van der Waals surface area (Å²) in [6.45, 7) is 6.60. The molecule has 1 fully saturated rings. The number of hydrogen-bond donors (Lipinski definition) is 3. The maximum absolute atomic E-state index is 13.0. The van der Waals surface area contributed by atoms with E-state index in [1.165, 1.54) is 11.3 Å². The lowest BCUT2D eigenvalue weighted by Crippen LogP contribution is -2.43. The molecule has 6 nitrogen and oxygen atoms in total. The summed E-state index contributed by atoms with van der Waals surface area (Å²) in [5.74, 6) is 0.573. The van der Waals surface area contributed by atoms with Crippen molar-refractivity contribution in [2.75, 3.05) is 5.32 Å². The second-order valence-electron chi connectivity index (χ2n) is 8.89. The van der Waals surface area contributed by atoms with Crippen molar-refractivity contribution in [3.63, 3.8) is 0 Å². The van der Waals surface area contributed by atoms with Crippen LogP contribution >= 0.6 is 11.3 Å². The lowest BCUT2D eigenvalue weighted by atomic mass is 9.87. The molecule has 1 saturated carbocycles. The Morgan fingerprint density at radius 2 is 1.88 bits per heavy atom. The number of carbonyl (C=O) groups is 2. The highest BCUT2D eigenvalue weighted by atomic mass is 32.1. The molecule has 4 rings (SSSR count). The van der Waals surface area contributed by atoms with E-state index in [-0.39, 0.29) is 18.0 Å². The van der Waals surface area contributed by atoms with Crippen LogP contribution in [0, 0.1) is 19.8 Å². The molecule has 0 aliphatic heterocycles. The van der Waals surface area contributed by atoms with E-state index in [1.807, 2.05) is 38.1 Å². The van der Waals surface area contributed by atoms with Gasteiger partial charge in [-0.3, -0.25) is 4.79 Å². The van der Waals surface area contributed by atoms with Crippen LogP contribution in [0.25, 0.3) is 10.2 Å². The van der Waals surface area contributed by atoms with Crippen LogP contribution in [0.15, 0.2) is 35.8 Å². The van der Waals surface area contributed by atoms with Crippen LogP contribution in [0.1, 0.15) is 59.7 Å². The van der Waals surface area contributed by atoms with Crippen LogP contribution in [-0.2, 0) is 6.54 Å². The zero-order valence-corrected chi connectivity index (χ0v) is 19.6. The summed E-state index contributed by atoms with van der Waals surface area (Å²) in [5, 5.41) is 9.14. The zero-order valence-electron chi connectivity index (χ0n) is 18.8. The zero-order chi connectivity index (χ0) is 22.7. The first-order chi connectivity index (χ1) is 15.4. The third-order valence-electron chi connectivity index (χ3n) is 6.18. The number of rotatable bonds is 5. The van der Waals surface area contributed by atoms with Crippen molar-refractivity contribution in [3.8, 4) is 0 Å². The van der Waals surface area contributed by atoms with Gasteiger partial charge in [-0.1, -0.05) is 24.6 Å². The van der Waals surface area contributed by atoms with E-state index in [4.69, 9.17) is 0 Å². The molecule has 2 aromatic carbocycles. The molecule has 0 atom stereocenters. The van der Waals surface area contributed by atoms with Gasteiger partial charge in [-0.2, -0.15) is 0 Å². The number of carbonyl (C=O) groups excluding carboxylic acids is 2. The van der Waals surface area contributed by atoms with Crippen molar-refractivity contribution in [2.45, 2.75) is 59.0 Å². The van der Waals surface area contributed by atoms with Crippen molar-refractivity contribution in [1.29, 1.82) is 0 Å². The Labute approximate surface area is 192 Å². The normalized spacial score (nSPS) is 18.3. The van der Waals surface area contributed by atoms with Gasteiger partial charge in [0.05, 0.1) is 15.7 Å². The Bertz CT molecular complexity index is 1130. The average molecular weight is 451 g/mol. The summed E-state index contributed by atoms with van der Waals surface area (Å²) in [6.07, 6.45) is 4.38. The molecule has 0 spiro atoms. The molecule has 1 aliphatic carbocycles. The van der Waals surface area contributed by atoms with Crippen molar-refractivity contribution < 1.29 is 9.59 Å². The molecular weight excluding hydrogens is 420 g/mol. The number of nitrogens with zero attached hydrogens (tertiary/aromatic N) is 1. The first-order valence-corrected chi connectivity index (χ1v) is 12.1. The monoisotopic (exact) mass is 450 g/mol. The minimum absolute atomic E-state index is 0.156. The van der Waals surface area contributed by atoms with Gasteiger partial charge < -0.3 is 16.0 Å². The smallest absolute Gasteiger partial charge is 0.315 e. The molecule has 3 N–H and O–H groups in total. The van der Waals surface area contributed by atoms with E-state index < -0.39 is 0 Å². The van der Waals surface area contributed by atoms with Gasteiger partial charge in [0.15, 0.2) is 0 Å². The molecule has 0 saturated heterocycles. The fourth-order valence-corrected chi connectivity index (χ4v) is 5.09. The molecule has 3 aromatic rings. The molecule has 0 bridgehead atoms. The number of thiazole rings is 1. The third kappa shape index (κ3) is 5.27. The molecule has 0 unspecified atom stereocenters. The van der Waals surface area contributed by atoms with Crippen LogP contribution in [0.3, 0.4) is 0 Å². The second kappa shape index (κ2) is 9.69. The van der Waals surface area contributed by atoms with Crippen molar-refractivity contribution in [1.82, 2.24) is 15.6 Å². The standard InChI is InChI=1S/C25H30N4O2S/c1-15-4-7-20(8-5-15)28-25(31)26-13-19-11-16(2)10-17(3)23(19)29-24(30)18-6-9-21-22(12-18)32-14-27-21/h6,9-12,14-15,20H,4-5,7-8,13H2,1-3H3,(H,29,30)(H2,26,28,31). The van der Waals surface area contributed by atoms with Gasteiger partial charge >= 0.3 is 6.03 Å². The van der Waals surface area contributed by atoms with Crippen LogP contribution in [0.5, 0.6) is 0 Å². The van der Waals surface area contributed by atoms with E-state index in [9.17, 15) is 9.59 Å². The molecule has 1 heterocycles. The predicted molar refractivity (Wildman–Crippen MR) is 130 cm³/mol. The number of benzene rings is 2. The Morgan fingerprint density at radius 1 is 1.09 bits per heavy atom. The fraction of sp³-hybridized carbons (Fsp3) is 0.400. The van der Waals surface area contributed by atoms with E-state index in [0.29, 0.717) is 12.1 Å². The molecule has 1 aliphatic rings. The second-order valence-corrected chi connectivity index (χ2v) is 9.78. The minimum atomic E-state index is -0.172. The number of fused-ring (bicyclic) bond motifs is 1. The summed E-state index contributed by atoms with van der Waals surface area (Å²) in [5.41, 5.74) is 6.95. The highest BCUT2D eigenvalue weighted by Crippen LogP contribution is 2.26. The van der Waals surface area contributed by atoms with Gasteiger partial charge in [-0.15, -0.1) is 11.3 Å². The van der Waals surface area contributed by atoms with Crippen LogP contribution in [0.4, 0.5) is 10.5 Å². The van der Waals surface area contributed by atoms with Gasteiger partial charge in [0, 0.05) is 23.8 Å². The fourth-order valence-electron chi connectivity index (χ4n) is 4.37. The Morgan fingerprint density at radius 3 is 2.66 bits per heavy atom. The highest BCUT2D eigenvalue weighted by Gasteiger charge is 2.20. The van der Waals surface area contributed by atoms with Crippen molar-refractivity contribution in [3.05, 3.63) is 58.1 Å². The third-order valence-corrected chi connectivity index (χ3v) is 6.98. The molecular formula is C25H30N4O2S. The minimum Gasteiger partial charge on any atom is -0.335 e. The Balaban J connectivity index is 1.44.